The molecule has 9 heteroatoms. The Balaban J connectivity index is 1.73. The number of carbonyl (C=O) groups is 1. The van der Waals surface area contributed by atoms with Crippen molar-refractivity contribution in [3.8, 4) is 11.6 Å². The molecule has 2 heterocycles. The molecule has 0 saturated heterocycles. The molecule has 8 nitrogen and oxygen atoms in total. The molecule has 1 aliphatic heterocycles. The second kappa shape index (κ2) is 8.71. The Labute approximate surface area is 193 Å². The molecule has 0 bridgehead atoms. The first kappa shape index (κ1) is 22.0. The highest BCUT2D eigenvalue weighted by Crippen LogP contribution is 2.27. The summed E-state index contributed by atoms with van der Waals surface area (Å²) in [5.41, 5.74) is 1.50. The minimum atomic E-state index is -1.23. The topological polar surface area (TPSA) is 128 Å². The molecule has 0 fully saturated rings. The summed E-state index contributed by atoms with van der Waals surface area (Å²) in [6, 6.07) is 13.2. The minimum absolute atomic E-state index is 0.0000958. The molecule has 166 valence electrons. The normalized spacial score (nSPS) is 14.9. The van der Waals surface area contributed by atoms with Gasteiger partial charge in [-0.1, -0.05) is 36.4 Å². The number of carboxylic acids is 1. The number of H-pyrrole nitrogens is 1. The van der Waals surface area contributed by atoms with Crippen LogP contribution >= 0.6 is 12.2 Å². The smallest absolute Gasteiger partial charge is 0.339 e. The van der Waals surface area contributed by atoms with Crippen LogP contribution in [0.25, 0.3) is 6.08 Å². The number of aromatic amines is 1. The number of aromatic nitrogens is 2. The van der Waals surface area contributed by atoms with Crippen molar-refractivity contribution in [3.63, 3.8) is 0 Å². The lowest BCUT2D eigenvalue weighted by atomic mass is 10.1. The van der Waals surface area contributed by atoms with Gasteiger partial charge in [-0.25, -0.2) is 9.79 Å². The first-order chi connectivity index (χ1) is 15.8. The summed E-state index contributed by atoms with van der Waals surface area (Å²) in [4.78, 5) is 30.7. The van der Waals surface area contributed by atoms with E-state index in [2.05, 4.69) is 9.98 Å². The Morgan fingerprint density at radius 3 is 2.55 bits per heavy atom. The number of rotatable bonds is 5. The van der Waals surface area contributed by atoms with Gasteiger partial charge >= 0.3 is 5.97 Å². The Hall–Kier alpha value is -4.24. The molecule has 0 aliphatic carbocycles. The summed E-state index contributed by atoms with van der Waals surface area (Å²) in [6.45, 7) is 1.86. The Morgan fingerprint density at radius 1 is 1.15 bits per heavy atom. The number of aromatic hydroxyl groups is 2. The van der Waals surface area contributed by atoms with Gasteiger partial charge in [0.25, 0.3) is 5.56 Å². The molecular weight excluding hydrogens is 442 g/mol. The molecule has 1 unspecified atom stereocenters. The van der Waals surface area contributed by atoms with E-state index in [1.54, 1.807) is 12.2 Å². The number of allylic oxidation sites excluding steroid dienone is 2. The third-order valence-electron chi connectivity index (χ3n) is 5.30. The molecule has 1 atom stereocenters. The molecule has 0 saturated carbocycles. The summed E-state index contributed by atoms with van der Waals surface area (Å²) >= 11 is 5.29. The van der Waals surface area contributed by atoms with Gasteiger partial charge in [-0.15, -0.1) is 0 Å². The fourth-order valence-corrected chi connectivity index (χ4v) is 3.90. The minimum Gasteiger partial charge on any atom is -0.507 e. The maximum absolute atomic E-state index is 12.6. The van der Waals surface area contributed by atoms with Gasteiger partial charge in [0.1, 0.15) is 16.9 Å². The largest absolute Gasteiger partial charge is 0.507 e. The lowest BCUT2D eigenvalue weighted by Crippen LogP contribution is -2.19. The fraction of sp³-hybridized carbons (Fsp3) is 0.0833. The molecule has 4 rings (SSSR count). The van der Waals surface area contributed by atoms with E-state index in [1.165, 1.54) is 28.8 Å². The standard InChI is InChI=1S/C24H19N3O5S/c1-13(14-5-3-2-4-6-14)27-22(30)18(21(29)26-24(27)33)12-16-8-10-19(25-16)15-7-9-17(23(31)32)20(28)11-15/h2-13,28,30H,1H3,(H,31,32)(H,26,29,33). The van der Waals surface area contributed by atoms with E-state index in [1.807, 2.05) is 37.3 Å². The number of benzene rings is 2. The Kier molecular flexibility index (Phi) is 5.80. The lowest BCUT2D eigenvalue weighted by molar-refractivity contribution is 0.0693. The van der Waals surface area contributed by atoms with E-state index >= 15 is 0 Å². The maximum atomic E-state index is 12.6. The van der Waals surface area contributed by atoms with Crippen molar-refractivity contribution in [2.24, 2.45) is 4.99 Å². The van der Waals surface area contributed by atoms with Crippen molar-refractivity contribution in [1.29, 1.82) is 0 Å². The van der Waals surface area contributed by atoms with Crippen molar-refractivity contribution in [2.75, 3.05) is 0 Å². The molecule has 3 aromatic rings. The number of hydrogen-bond donors (Lipinski definition) is 4. The van der Waals surface area contributed by atoms with E-state index in [-0.39, 0.29) is 33.6 Å². The van der Waals surface area contributed by atoms with Crippen LogP contribution in [0.2, 0.25) is 0 Å². The molecule has 33 heavy (non-hydrogen) atoms. The number of phenols is 1. The van der Waals surface area contributed by atoms with Crippen LogP contribution in [-0.4, -0.2) is 36.6 Å². The monoisotopic (exact) mass is 461 g/mol. The molecule has 0 radical (unpaired) electrons. The highest BCUT2D eigenvalue weighted by Gasteiger charge is 2.18. The molecule has 0 spiro atoms. The molecule has 0 amide bonds. The van der Waals surface area contributed by atoms with Crippen LogP contribution in [-0.2, 0) is 0 Å². The van der Waals surface area contributed by atoms with Crippen LogP contribution < -0.4 is 5.56 Å². The van der Waals surface area contributed by atoms with Crippen molar-refractivity contribution in [3.05, 3.63) is 104 Å². The zero-order valence-electron chi connectivity index (χ0n) is 17.4. The van der Waals surface area contributed by atoms with Gasteiger partial charge in [0, 0.05) is 5.56 Å². The molecule has 2 aromatic carbocycles. The number of carboxylic acid groups (broad SMARTS) is 1. The molecular formula is C24H19N3O5S. The van der Waals surface area contributed by atoms with E-state index in [4.69, 9.17) is 17.3 Å². The summed E-state index contributed by atoms with van der Waals surface area (Å²) in [5.74, 6) is -1.89. The summed E-state index contributed by atoms with van der Waals surface area (Å²) in [6.07, 6.45) is 4.74. The van der Waals surface area contributed by atoms with Gasteiger partial charge in [-0.3, -0.25) is 14.3 Å². The zero-order valence-corrected chi connectivity index (χ0v) is 18.2. The summed E-state index contributed by atoms with van der Waals surface area (Å²) in [7, 11) is 0. The van der Waals surface area contributed by atoms with Gasteiger partial charge in [-0.2, -0.15) is 0 Å². The van der Waals surface area contributed by atoms with Crippen LogP contribution in [0.3, 0.4) is 0 Å². The van der Waals surface area contributed by atoms with Gasteiger partial charge in [-0.05, 0) is 55.1 Å². The van der Waals surface area contributed by atoms with Crippen LogP contribution in [0.4, 0.5) is 0 Å². The average Bonchev–Trinajstić information content (AvgIpc) is 3.25. The molecule has 4 N–H and O–H groups in total. The third-order valence-corrected chi connectivity index (χ3v) is 5.60. The van der Waals surface area contributed by atoms with Crippen molar-refractivity contribution in [2.45, 2.75) is 13.0 Å². The van der Waals surface area contributed by atoms with Crippen LogP contribution in [0, 0.1) is 4.77 Å². The lowest BCUT2D eigenvalue weighted by Gasteiger charge is -2.19. The van der Waals surface area contributed by atoms with Crippen molar-refractivity contribution < 1.29 is 20.1 Å². The second-order valence-corrected chi connectivity index (χ2v) is 7.78. The maximum Gasteiger partial charge on any atom is 0.339 e. The predicted octanol–water partition coefficient (Wildman–Crippen LogP) is 4.02. The van der Waals surface area contributed by atoms with E-state index in [0.717, 1.165) is 5.56 Å². The van der Waals surface area contributed by atoms with Crippen LogP contribution in [0.1, 0.15) is 40.0 Å². The number of aliphatic imine (C=N–C) groups is 1. The Bertz CT molecular complexity index is 1470. The SMILES string of the molecule is CC(c1ccccc1)n1c(O)c(C=C2C=CC(c3ccc(C(=O)O)c(O)c3)=N2)c(=O)[nH]c1=S. The quantitative estimate of drug-likeness (QED) is 0.425. The van der Waals surface area contributed by atoms with Gasteiger partial charge in [0.2, 0.25) is 5.88 Å². The van der Waals surface area contributed by atoms with Gasteiger partial charge < -0.3 is 15.3 Å². The number of hydrogen-bond acceptors (Lipinski definition) is 6. The summed E-state index contributed by atoms with van der Waals surface area (Å²) < 4.78 is 1.56. The highest BCUT2D eigenvalue weighted by atomic mass is 32.1. The Morgan fingerprint density at radius 2 is 1.88 bits per heavy atom. The average molecular weight is 461 g/mol. The van der Waals surface area contributed by atoms with E-state index < -0.39 is 11.5 Å². The first-order valence-electron chi connectivity index (χ1n) is 9.94. The summed E-state index contributed by atoms with van der Waals surface area (Å²) in [5, 5.41) is 29.9. The van der Waals surface area contributed by atoms with E-state index in [0.29, 0.717) is 17.0 Å². The highest BCUT2D eigenvalue weighted by molar-refractivity contribution is 7.71. The zero-order chi connectivity index (χ0) is 23.7. The van der Waals surface area contributed by atoms with Crippen LogP contribution in [0.15, 0.2) is 76.2 Å². The van der Waals surface area contributed by atoms with Gasteiger partial charge in [0.15, 0.2) is 4.77 Å². The van der Waals surface area contributed by atoms with Gasteiger partial charge in [0.05, 0.1) is 17.5 Å². The number of nitrogens with zero attached hydrogens (tertiary/aromatic N) is 2. The van der Waals surface area contributed by atoms with Crippen molar-refractivity contribution in [1.82, 2.24) is 9.55 Å². The predicted molar refractivity (Wildman–Crippen MR) is 127 cm³/mol. The second-order valence-electron chi connectivity index (χ2n) is 7.39. The number of nitrogens with one attached hydrogen (secondary N) is 1. The molecule has 1 aliphatic rings. The first-order valence-corrected chi connectivity index (χ1v) is 10.3. The number of aromatic carboxylic acids is 1. The fourth-order valence-electron chi connectivity index (χ4n) is 3.56. The molecule has 1 aromatic heterocycles. The van der Waals surface area contributed by atoms with E-state index in [9.17, 15) is 19.8 Å². The van der Waals surface area contributed by atoms with Crippen LogP contribution in [0.5, 0.6) is 11.6 Å². The third kappa shape index (κ3) is 4.26. The van der Waals surface area contributed by atoms with Crippen molar-refractivity contribution >= 4 is 30.0 Å².